The average Bonchev–Trinajstić information content (AvgIpc) is 3.07. The maximum atomic E-state index is 6.61. The normalized spacial score (nSPS) is 14.9. The van der Waals surface area contributed by atoms with Crippen LogP contribution in [0.5, 0.6) is 0 Å². The average molecular weight is 374 g/mol. The van der Waals surface area contributed by atoms with E-state index in [0.717, 1.165) is 17.9 Å². The first kappa shape index (κ1) is 16.4. The zero-order valence-corrected chi connectivity index (χ0v) is 16.4. The Morgan fingerprint density at radius 2 is 1.21 bits per heavy atom. The van der Waals surface area contributed by atoms with Gasteiger partial charge >= 0.3 is 0 Å². The molecule has 0 amide bonds. The lowest BCUT2D eigenvalue weighted by molar-refractivity contribution is 0.740. The molecule has 0 atom stereocenters. The molecule has 0 saturated heterocycles. The highest BCUT2D eigenvalue weighted by molar-refractivity contribution is 5.95. The molecule has 0 saturated carbocycles. The Balaban J connectivity index is 1.87. The number of fused-ring (bicyclic) bond motifs is 9. The van der Waals surface area contributed by atoms with Crippen LogP contribution in [0.3, 0.4) is 0 Å². The minimum atomic E-state index is -0.347. The van der Waals surface area contributed by atoms with Gasteiger partial charge in [-0.2, -0.15) is 0 Å². The van der Waals surface area contributed by atoms with Gasteiger partial charge in [-0.1, -0.05) is 78.9 Å². The second kappa shape index (κ2) is 5.74. The summed E-state index contributed by atoms with van der Waals surface area (Å²) in [6, 6.07) is 32.9. The molecule has 4 aromatic carbocycles. The summed E-state index contributed by atoms with van der Waals surface area (Å²) in [4.78, 5) is 2.37. The highest BCUT2D eigenvalue weighted by atomic mass is 15.2. The van der Waals surface area contributed by atoms with Crippen LogP contribution in [0.2, 0.25) is 0 Å². The molecule has 0 radical (unpaired) electrons. The molecule has 4 aromatic rings. The van der Waals surface area contributed by atoms with Crippen molar-refractivity contribution in [2.45, 2.75) is 12.3 Å². The van der Waals surface area contributed by atoms with E-state index in [9.17, 15) is 0 Å². The van der Waals surface area contributed by atoms with E-state index in [1.807, 2.05) is 6.07 Å². The van der Waals surface area contributed by atoms with Gasteiger partial charge in [-0.15, -0.1) is 0 Å². The number of nitrogens with zero attached hydrogens (tertiary/aromatic N) is 1. The summed E-state index contributed by atoms with van der Waals surface area (Å²) < 4.78 is 0. The molecule has 1 spiro atoms. The smallest absolute Gasteiger partial charge is 0.0754 e. The predicted molar refractivity (Wildman–Crippen MR) is 121 cm³/mol. The van der Waals surface area contributed by atoms with Crippen molar-refractivity contribution in [2.75, 3.05) is 17.2 Å². The SMILES string of the molecule is CCN1c2ccccc2C2(c3ccccc3-c3ccccc32)c2cccc(N)c21. The predicted octanol–water partition coefficient (Wildman–Crippen LogP) is 6.10. The van der Waals surface area contributed by atoms with Crippen LogP contribution in [-0.2, 0) is 5.41 Å². The Morgan fingerprint density at radius 3 is 1.86 bits per heavy atom. The van der Waals surface area contributed by atoms with E-state index in [-0.39, 0.29) is 5.41 Å². The van der Waals surface area contributed by atoms with Crippen LogP contribution in [-0.4, -0.2) is 6.54 Å². The van der Waals surface area contributed by atoms with E-state index in [0.29, 0.717) is 0 Å². The van der Waals surface area contributed by atoms with Crippen LogP contribution in [0.1, 0.15) is 29.2 Å². The molecule has 0 aromatic heterocycles. The van der Waals surface area contributed by atoms with E-state index in [4.69, 9.17) is 5.73 Å². The van der Waals surface area contributed by atoms with Gasteiger partial charge in [0.05, 0.1) is 16.8 Å². The molecule has 2 N–H and O–H groups in total. The van der Waals surface area contributed by atoms with Crippen molar-refractivity contribution in [3.05, 3.63) is 113 Å². The van der Waals surface area contributed by atoms with Gasteiger partial charge in [0.25, 0.3) is 0 Å². The molecule has 2 heteroatoms. The first-order valence-electron chi connectivity index (χ1n) is 10.2. The minimum absolute atomic E-state index is 0.347. The maximum absolute atomic E-state index is 6.61. The quantitative estimate of drug-likeness (QED) is 0.359. The van der Waals surface area contributed by atoms with Crippen LogP contribution in [0, 0.1) is 0 Å². The van der Waals surface area contributed by atoms with Crippen molar-refractivity contribution in [1.29, 1.82) is 0 Å². The van der Waals surface area contributed by atoms with Crippen molar-refractivity contribution in [2.24, 2.45) is 0 Å². The zero-order chi connectivity index (χ0) is 19.6. The molecule has 6 rings (SSSR count). The first-order chi connectivity index (χ1) is 14.3. The van der Waals surface area contributed by atoms with E-state index < -0.39 is 0 Å². The van der Waals surface area contributed by atoms with E-state index in [1.54, 1.807) is 0 Å². The van der Waals surface area contributed by atoms with Gasteiger partial charge in [0.1, 0.15) is 0 Å². The summed E-state index contributed by atoms with van der Waals surface area (Å²) in [7, 11) is 0. The fourth-order valence-corrected chi connectivity index (χ4v) is 5.60. The Bertz CT molecular complexity index is 1230. The molecule has 2 aliphatic rings. The van der Waals surface area contributed by atoms with Gasteiger partial charge in [0.15, 0.2) is 0 Å². The molecule has 0 bridgehead atoms. The second-order valence-electron chi connectivity index (χ2n) is 7.85. The van der Waals surface area contributed by atoms with Gasteiger partial charge in [-0.3, -0.25) is 0 Å². The van der Waals surface area contributed by atoms with Gasteiger partial charge in [0, 0.05) is 12.2 Å². The summed E-state index contributed by atoms with van der Waals surface area (Å²) >= 11 is 0. The van der Waals surface area contributed by atoms with Crippen LogP contribution >= 0.6 is 0 Å². The second-order valence-corrected chi connectivity index (χ2v) is 7.85. The highest BCUT2D eigenvalue weighted by Gasteiger charge is 2.51. The summed E-state index contributed by atoms with van der Waals surface area (Å²) in [6.45, 7) is 3.07. The number of para-hydroxylation sites is 2. The summed E-state index contributed by atoms with van der Waals surface area (Å²) in [5.74, 6) is 0. The van der Waals surface area contributed by atoms with Crippen molar-refractivity contribution in [1.82, 2.24) is 0 Å². The number of benzene rings is 4. The fraction of sp³-hybridized carbons (Fsp3) is 0.111. The third-order valence-electron chi connectivity index (χ3n) is 6.61. The van der Waals surface area contributed by atoms with Crippen molar-refractivity contribution < 1.29 is 0 Å². The monoisotopic (exact) mass is 374 g/mol. The number of rotatable bonds is 1. The minimum Gasteiger partial charge on any atom is -0.397 e. The molecule has 0 fully saturated rings. The molecule has 1 aliphatic carbocycles. The fourth-order valence-electron chi connectivity index (χ4n) is 5.60. The van der Waals surface area contributed by atoms with Crippen molar-refractivity contribution in [3.63, 3.8) is 0 Å². The largest absolute Gasteiger partial charge is 0.397 e. The molecular formula is C27H22N2. The third kappa shape index (κ3) is 1.86. The lowest BCUT2D eigenvalue weighted by atomic mass is 9.64. The van der Waals surface area contributed by atoms with Crippen LogP contribution < -0.4 is 10.6 Å². The van der Waals surface area contributed by atoms with Crippen LogP contribution in [0.15, 0.2) is 91.0 Å². The lowest BCUT2D eigenvalue weighted by Gasteiger charge is -2.45. The molecular weight excluding hydrogens is 352 g/mol. The van der Waals surface area contributed by atoms with Gasteiger partial charge in [-0.05, 0) is 52.4 Å². The zero-order valence-electron chi connectivity index (χ0n) is 16.4. The standard InChI is InChI=1S/C27H22N2/c1-2-29-25-17-8-7-14-22(25)27(23-15-9-16-24(28)26(23)29)20-12-5-3-10-18(20)19-11-4-6-13-21(19)27/h3-17H,2,28H2,1H3. The molecule has 2 nitrogen and oxygen atoms in total. The summed E-state index contributed by atoms with van der Waals surface area (Å²) in [6.07, 6.45) is 0. The molecule has 1 aliphatic heterocycles. The highest BCUT2D eigenvalue weighted by Crippen LogP contribution is 2.62. The Labute approximate surface area is 171 Å². The Hall–Kier alpha value is -3.52. The molecule has 140 valence electrons. The van der Waals surface area contributed by atoms with E-state index in [1.165, 1.54) is 39.1 Å². The van der Waals surface area contributed by atoms with E-state index in [2.05, 4.69) is 96.8 Å². The van der Waals surface area contributed by atoms with Crippen LogP contribution in [0.25, 0.3) is 11.1 Å². The Kier molecular flexibility index (Phi) is 3.25. The first-order valence-corrected chi connectivity index (χ1v) is 10.2. The number of nitrogen functional groups attached to an aromatic ring is 1. The summed E-state index contributed by atoms with van der Waals surface area (Å²) in [5, 5.41) is 0. The molecule has 0 unspecified atom stereocenters. The maximum Gasteiger partial charge on any atom is 0.0754 e. The Morgan fingerprint density at radius 1 is 0.655 bits per heavy atom. The summed E-state index contributed by atoms with van der Waals surface area (Å²) in [5.41, 5.74) is 17.4. The van der Waals surface area contributed by atoms with Crippen molar-refractivity contribution in [3.8, 4) is 11.1 Å². The number of nitrogens with two attached hydrogens (primary N) is 1. The number of hydrogen-bond donors (Lipinski definition) is 1. The number of hydrogen-bond acceptors (Lipinski definition) is 2. The van der Waals surface area contributed by atoms with Crippen molar-refractivity contribution >= 4 is 17.1 Å². The molecule has 29 heavy (non-hydrogen) atoms. The number of anilines is 3. The topological polar surface area (TPSA) is 29.3 Å². The van der Waals surface area contributed by atoms with Gasteiger partial charge < -0.3 is 10.6 Å². The van der Waals surface area contributed by atoms with E-state index >= 15 is 0 Å². The van der Waals surface area contributed by atoms with Crippen LogP contribution in [0.4, 0.5) is 17.1 Å². The van der Waals surface area contributed by atoms with Gasteiger partial charge in [-0.25, -0.2) is 0 Å². The third-order valence-corrected chi connectivity index (χ3v) is 6.61. The lowest BCUT2D eigenvalue weighted by Crippen LogP contribution is -2.38. The molecule has 1 heterocycles. The van der Waals surface area contributed by atoms with Gasteiger partial charge in [0.2, 0.25) is 0 Å².